The molecule has 0 aliphatic heterocycles. The molecule has 6 rings (SSSR count). The first kappa shape index (κ1) is 20.1. The normalized spacial score (nSPS) is 11.4. The molecule has 0 unspecified atom stereocenters. The maximum atomic E-state index is 4.86. The van der Waals surface area contributed by atoms with Gasteiger partial charge < -0.3 is 10.3 Å². The van der Waals surface area contributed by atoms with Gasteiger partial charge in [-0.1, -0.05) is 6.92 Å². The molecule has 6 aromatic heterocycles. The summed E-state index contributed by atoms with van der Waals surface area (Å²) in [6.07, 6.45) is 10.9. The highest BCUT2D eigenvalue weighted by molar-refractivity contribution is 5.96. The average molecular weight is 448 g/mol. The summed E-state index contributed by atoms with van der Waals surface area (Å²) in [4.78, 5) is 25.8. The molecule has 6 aromatic rings. The minimum absolute atomic E-state index is 0.633. The van der Waals surface area contributed by atoms with E-state index in [1.165, 1.54) is 0 Å². The molecule has 9 nitrogen and oxygen atoms in total. The number of aromatic amines is 2. The minimum atomic E-state index is 0.633. The predicted octanol–water partition coefficient (Wildman–Crippen LogP) is 4.13. The molecule has 0 atom stereocenters. The Morgan fingerprint density at radius 1 is 0.853 bits per heavy atom. The monoisotopic (exact) mass is 447 g/mol. The van der Waals surface area contributed by atoms with Crippen molar-refractivity contribution in [2.75, 3.05) is 6.54 Å². The lowest BCUT2D eigenvalue weighted by molar-refractivity contribution is 0.724. The summed E-state index contributed by atoms with van der Waals surface area (Å²) < 4.78 is 0. The van der Waals surface area contributed by atoms with Crippen LogP contribution in [0.4, 0.5) is 0 Å². The molecule has 3 N–H and O–H groups in total. The maximum absolute atomic E-state index is 4.86. The third-order valence-corrected chi connectivity index (χ3v) is 5.72. The van der Waals surface area contributed by atoms with Crippen molar-refractivity contribution in [1.82, 2.24) is 45.4 Å². The SMILES string of the molecule is CCNCc1cncc(-c2cnc3[nH]nc(-c4nc5c(-c6ccncc6)ccnc5[nH]4)c3c2)c1. The van der Waals surface area contributed by atoms with E-state index in [-0.39, 0.29) is 0 Å². The number of nitrogens with one attached hydrogen (secondary N) is 3. The first-order valence-corrected chi connectivity index (χ1v) is 11.0. The Labute approximate surface area is 194 Å². The van der Waals surface area contributed by atoms with Gasteiger partial charge in [-0.15, -0.1) is 0 Å². The van der Waals surface area contributed by atoms with Gasteiger partial charge in [0.05, 0.1) is 5.39 Å². The quantitative estimate of drug-likeness (QED) is 0.351. The molecular weight excluding hydrogens is 426 g/mol. The van der Waals surface area contributed by atoms with Crippen LogP contribution in [0.3, 0.4) is 0 Å². The van der Waals surface area contributed by atoms with Crippen LogP contribution in [0.2, 0.25) is 0 Å². The van der Waals surface area contributed by atoms with Crippen LogP contribution < -0.4 is 5.32 Å². The second-order valence-corrected chi connectivity index (χ2v) is 7.93. The molecule has 0 aromatic carbocycles. The van der Waals surface area contributed by atoms with E-state index in [2.05, 4.69) is 59.5 Å². The van der Waals surface area contributed by atoms with Crippen LogP contribution >= 0.6 is 0 Å². The maximum Gasteiger partial charge on any atom is 0.161 e. The van der Waals surface area contributed by atoms with E-state index in [9.17, 15) is 0 Å². The molecule has 166 valence electrons. The van der Waals surface area contributed by atoms with E-state index in [0.717, 1.165) is 51.8 Å². The van der Waals surface area contributed by atoms with Crippen molar-refractivity contribution in [3.05, 3.63) is 73.1 Å². The molecule has 0 radical (unpaired) electrons. The Morgan fingerprint density at radius 2 is 1.74 bits per heavy atom. The Morgan fingerprint density at radius 3 is 2.62 bits per heavy atom. The van der Waals surface area contributed by atoms with Crippen LogP contribution in [-0.2, 0) is 6.54 Å². The van der Waals surface area contributed by atoms with Crippen LogP contribution in [0.15, 0.2) is 67.5 Å². The van der Waals surface area contributed by atoms with E-state index in [1.54, 1.807) is 18.6 Å². The van der Waals surface area contributed by atoms with E-state index in [0.29, 0.717) is 22.8 Å². The first-order chi connectivity index (χ1) is 16.8. The van der Waals surface area contributed by atoms with Gasteiger partial charge in [-0.05, 0) is 48.0 Å². The fourth-order valence-electron chi connectivity index (χ4n) is 4.04. The number of imidazole rings is 1. The van der Waals surface area contributed by atoms with Gasteiger partial charge >= 0.3 is 0 Å². The van der Waals surface area contributed by atoms with Crippen molar-refractivity contribution in [2.45, 2.75) is 13.5 Å². The molecule has 0 bridgehead atoms. The van der Waals surface area contributed by atoms with Crippen molar-refractivity contribution in [2.24, 2.45) is 0 Å². The first-order valence-electron chi connectivity index (χ1n) is 11.0. The summed E-state index contributed by atoms with van der Waals surface area (Å²) in [5.74, 6) is 0.633. The Balaban J connectivity index is 1.44. The topological polar surface area (TPSA) is 121 Å². The van der Waals surface area contributed by atoms with Gasteiger partial charge in [0.2, 0.25) is 0 Å². The number of fused-ring (bicyclic) bond motifs is 2. The van der Waals surface area contributed by atoms with Crippen molar-refractivity contribution in [3.63, 3.8) is 0 Å². The molecule has 0 saturated heterocycles. The number of pyridine rings is 4. The Bertz CT molecular complexity index is 1600. The van der Waals surface area contributed by atoms with E-state index in [1.807, 2.05) is 36.8 Å². The summed E-state index contributed by atoms with van der Waals surface area (Å²) in [5.41, 5.74) is 7.97. The minimum Gasteiger partial charge on any atom is -0.321 e. The van der Waals surface area contributed by atoms with E-state index < -0.39 is 0 Å². The fraction of sp³-hybridized carbons (Fsp3) is 0.120. The molecule has 0 spiro atoms. The highest BCUT2D eigenvalue weighted by Crippen LogP contribution is 2.31. The molecule has 0 aliphatic rings. The van der Waals surface area contributed by atoms with Crippen LogP contribution in [0.1, 0.15) is 12.5 Å². The van der Waals surface area contributed by atoms with Gasteiger partial charge in [-0.3, -0.25) is 15.1 Å². The third-order valence-electron chi connectivity index (χ3n) is 5.72. The van der Waals surface area contributed by atoms with Crippen molar-refractivity contribution in [3.8, 4) is 33.8 Å². The highest BCUT2D eigenvalue weighted by Gasteiger charge is 2.17. The summed E-state index contributed by atoms with van der Waals surface area (Å²) in [7, 11) is 0. The summed E-state index contributed by atoms with van der Waals surface area (Å²) >= 11 is 0. The predicted molar refractivity (Wildman–Crippen MR) is 131 cm³/mol. The molecule has 0 fully saturated rings. The molecule has 0 saturated carbocycles. The smallest absolute Gasteiger partial charge is 0.161 e. The van der Waals surface area contributed by atoms with Crippen LogP contribution in [0.25, 0.3) is 56.0 Å². The zero-order valence-corrected chi connectivity index (χ0v) is 18.4. The van der Waals surface area contributed by atoms with Crippen LogP contribution in [0, 0.1) is 0 Å². The lowest BCUT2D eigenvalue weighted by atomic mass is 10.1. The zero-order chi connectivity index (χ0) is 22.9. The van der Waals surface area contributed by atoms with Gasteiger partial charge in [0.25, 0.3) is 0 Å². The summed E-state index contributed by atoms with van der Waals surface area (Å²) in [5, 5.41) is 11.7. The van der Waals surface area contributed by atoms with Gasteiger partial charge in [0.15, 0.2) is 17.1 Å². The van der Waals surface area contributed by atoms with Gasteiger partial charge in [0.1, 0.15) is 11.2 Å². The van der Waals surface area contributed by atoms with E-state index in [4.69, 9.17) is 4.98 Å². The summed E-state index contributed by atoms with van der Waals surface area (Å²) in [6, 6.07) is 10.1. The molecule has 0 aliphatic carbocycles. The average Bonchev–Trinajstić information content (AvgIpc) is 3.51. The van der Waals surface area contributed by atoms with Crippen molar-refractivity contribution < 1.29 is 0 Å². The summed E-state index contributed by atoms with van der Waals surface area (Å²) in [6.45, 7) is 3.77. The van der Waals surface area contributed by atoms with Gasteiger partial charge in [-0.25, -0.2) is 15.0 Å². The van der Waals surface area contributed by atoms with Gasteiger partial charge in [0, 0.05) is 60.4 Å². The Hall–Kier alpha value is -4.50. The lowest BCUT2D eigenvalue weighted by Crippen LogP contribution is -2.11. The van der Waals surface area contributed by atoms with Crippen LogP contribution in [0.5, 0.6) is 0 Å². The second kappa shape index (κ2) is 8.45. The standard InChI is InChI=1S/C25H21N9/c1-2-26-11-15-9-17(13-28-12-15)18-10-20-22(33-34-23(20)30-14-18)25-31-21-19(5-8-29-24(21)32-25)16-3-6-27-7-4-16/h3-10,12-14,26H,2,11H2,1H3,(H,29,31,32)(H,30,33,34). The fourth-order valence-corrected chi connectivity index (χ4v) is 4.04. The molecule has 34 heavy (non-hydrogen) atoms. The Kier molecular flexibility index (Phi) is 5.00. The molecular formula is C25H21N9. The number of hydrogen-bond acceptors (Lipinski definition) is 7. The van der Waals surface area contributed by atoms with E-state index >= 15 is 0 Å². The second-order valence-electron chi connectivity index (χ2n) is 7.93. The van der Waals surface area contributed by atoms with Crippen molar-refractivity contribution >= 4 is 22.2 Å². The number of aromatic nitrogens is 8. The lowest BCUT2D eigenvalue weighted by Gasteiger charge is -2.05. The zero-order valence-electron chi connectivity index (χ0n) is 18.4. The number of rotatable bonds is 6. The molecule has 9 heteroatoms. The van der Waals surface area contributed by atoms with Crippen molar-refractivity contribution in [1.29, 1.82) is 0 Å². The number of hydrogen-bond donors (Lipinski definition) is 3. The molecule has 0 amide bonds. The largest absolute Gasteiger partial charge is 0.321 e. The number of H-pyrrole nitrogens is 2. The van der Waals surface area contributed by atoms with Gasteiger partial charge in [-0.2, -0.15) is 5.10 Å². The third kappa shape index (κ3) is 3.57. The van der Waals surface area contributed by atoms with Crippen LogP contribution in [-0.4, -0.2) is 46.6 Å². The number of nitrogens with zero attached hydrogens (tertiary/aromatic N) is 6. The molecule has 6 heterocycles. The highest BCUT2D eigenvalue weighted by atomic mass is 15.2.